The smallest absolute Gasteiger partial charge is 0.231 e. The molecule has 4 nitrogen and oxygen atoms in total. The van der Waals surface area contributed by atoms with Crippen molar-refractivity contribution >= 4 is 23.2 Å². The number of anilines is 1. The molecular weight excluding hydrogens is 353 g/mol. The number of hydrogen-bond acceptors (Lipinski definition) is 3. The van der Waals surface area contributed by atoms with Gasteiger partial charge in [-0.1, -0.05) is 17.7 Å². The number of hydrogen-bond donors (Lipinski definition) is 0. The maximum absolute atomic E-state index is 14.8. The van der Waals surface area contributed by atoms with Crippen LogP contribution < -0.4 is 4.90 Å². The van der Waals surface area contributed by atoms with E-state index in [-0.39, 0.29) is 12.3 Å². The molecule has 2 aromatic heterocycles. The Morgan fingerprint density at radius 2 is 1.96 bits per heavy atom. The van der Waals surface area contributed by atoms with E-state index in [0.29, 0.717) is 29.4 Å². The molecule has 1 aliphatic heterocycles. The SMILES string of the molecule is O=C(Cc1cccnc1Cl)N1CCc2cc(-c3ccncc3)cc(F)c21. The number of rotatable bonds is 3. The van der Waals surface area contributed by atoms with E-state index in [1.807, 2.05) is 18.2 Å². The van der Waals surface area contributed by atoms with Crippen molar-refractivity contribution in [1.82, 2.24) is 9.97 Å². The maximum Gasteiger partial charge on any atom is 0.231 e. The molecule has 0 radical (unpaired) electrons. The average molecular weight is 368 g/mol. The number of aromatic nitrogens is 2. The lowest BCUT2D eigenvalue weighted by atomic mass is 10.0. The topological polar surface area (TPSA) is 46.1 Å². The molecule has 0 atom stereocenters. The largest absolute Gasteiger partial charge is 0.309 e. The average Bonchev–Trinajstić information content (AvgIpc) is 3.09. The predicted molar refractivity (Wildman–Crippen MR) is 98.6 cm³/mol. The number of nitrogens with zero attached hydrogens (tertiary/aromatic N) is 3. The minimum atomic E-state index is -0.391. The fourth-order valence-electron chi connectivity index (χ4n) is 3.26. The molecule has 0 bridgehead atoms. The molecule has 3 heterocycles. The van der Waals surface area contributed by atoms with Gasteiger partial charge in [-0.05, 0) is 59.0 Å². The Balaban J connectivity index is 1.64. The second kappa shape index (κ2) is 6.84. The first-order chi connectivity index (χ1) is 12.6. The summed E-state index contributed by atoms with van der Waals surface area (Å²) in [6.07, 6.45) is 5.64. The molecule has 0 spiro atoms. The Bertz CT molecular complexity index is 978. The van der Waals surface area contributed by atoms with Gasteiger partial charge in [-0.3, -0.25) is 9.78 Å². The van der Waals surface area contributed by atoms with Crippen molar-refractivity contribution in [2.45, 2.75) is 12.8 Å². The van der Waals surface area contributed by atoms with E-state index in [0.717, 1.165) is 16.7 Å². The first kappa shape index (κ1) is 16.7. The van der Waals surface area contributed by atoms with E-state index in [9.17, 15) is 9.18 Å². The van der Waals surface area contributed by atoms with Crippen LogP contribution >= 0.6 is 11.6 Å². The van der Waals surface area contributed by atoms with Crippen LogP contribution in [-0.4, -0.2) is 22.4 Å². The number of fused-ring (bicyclic) bond motifs is 1. The second-order valence-corrected chi connectivity index (χ2v) is 6.49. The number of benzene rings is 1. The van der Waals surface area contributed by atoms with E-state index in [4.69, 9.17) is 11.6 Å². The minimum Gasteiger partial charge on any atom is -0.309 e. The molecule has 1 aromatic carbocycles. The summed E-state index contributed by atoms with van der Waals surface area (Å²) in [5, 5.41) is 0.300. The normalized spacial score (nSPS) is 12.9. The number of halogens is 2. The summed E-state index contributed by atoms with van der Waals surface area (Å²) >= 11 is 6.03. The lowest BCUT2D eigenvalue weighted by Crippen LogP contribution is -2.31. The van der Waals surface area contributed by atoms with Gasteiger partial charge in [-0.15, -0.1) is 0 Å². The highest BCUT2D eigenvalue weighted by Gasteiger charge is 2.29. The van der Waals surface area contributed by atoms with Gasteiger partial charge in [0, 0.05) is 25.1 Å². The number of carbonyl (C=O) groups excluding carboxylic acids is 1. The predicted octanol–water partition coefficient (Wildman–Crippen LogP) is 4.07. The zero-order valence-corrected chi connectivity index (χ0v) is 14.6. The van der Waals surface area contributed by atoms with Crippen LogP contribution in [0.25, 0.3) is 11.1 Å². The molecule has 3 aromatic rings. The molecule has 0 saturated carbocycles. The Morgan fingerprint density at radius 3 is 2.73 bits per heavy atom. The first-order valence-corrected chi connectivity index (χ1v) is 8.64. The number of amides is 1. The van der Waals surface area contributed by atoms with Crippen LogP contribution in [0.15, 0.2) is 55.0 Å². The maximum atomic E-state index is 14.8. The van der Waals surface area contributed by atoms with Crippen LogP contribution in [0.4, 0.5) is 10.1 Å². The fourth-order valence-corrected chi connectivity index (χ4v) is 3.45. The number of pyridine rings is 2. The van der Waals surface area contributed by atoms with Crippen molar-refractivity contribution in [3.63, 3.8) is 0 Å². The molecule has 0 aliphatic carbocycles. The third-order valence-corrected chi connectivity index (χ3v) is 4.85. The van der Waals surface area contributed by atoms with E-state index in [2.05, 4.69) is 9.97 Å². The zero-order chi connectivity index (χ0) is 18.1. The van der Waals surface area contributed by atoms with Gasteiger partial charge in [0.15, 0.2) is 0 Å². The van der Waals surface area contributed by atoms with Gasteiger partial charge >= 0.3 is 0 Å². The summed E-state index contributed by atoms with van der Waals surface area (Å²) in [6, 6.07) is 10.6. The monoisotopic (exact) mass is 367 g/mol. The van der Waals surface area contributed by atoms with Gasteiger partial charge in [-0.2, -0.15) is 0 Å². The zero-order valence-electron chi connectivity index (χ0n) is 13.8. The van der Waals surface area contributed by atoms with Crippen LogP contribution in [0.1, 0.15) is 11.1 Å². The lowest BCUT2D eigenvalue weighted by molar-refractivity contribution is -0.117. The summed E-state index contributed by atoms with van der Waals surface area (Å²) in [5.41, 5.74) is 3.53. The van der Waals surface area contributed by atoms with Gasteiger partial charge in [0.2, 0.25) is 5.91 Å². The number of carbonyl (C=O) groups is 1. The highest BCUT2D eigenvalue weighted by molar-refractivity contribution is 6.30. The molecule has 130 valence electrons. The molecule has 6 heteroatoms. The Labute approximate surface area is 155 Å². The van der Waals surface area contributed by atoms with Crippen molar-refractivity contribution in [3.8, 4) is 11.1 Å². The standard InChI is InChI=1S/C20H15ClFN3O/c21-20-15(2-1-6-24-20)12-18(26)25-9-5-14-10-16(11-17(22)19(14)25)13-3-7-23-8-4-13/h1-4,6-8,10-11H,5,9,12H2. The van der Waals surface area contributed by atoms with Crippen LogP contribution in [0.2, 0.25) is 5.15 Å². The van der Waals surface area contributed by atoms with E-state index in [1.54, 1.807) is 30.7 Å². The first-order valence-electron chi connectivity index (χ1n) is 8.26. The highest BCUT2D eigenvalue weighted by Crippen LogP contribution is 2.35. The molecule has 0 unspecified atom stereocenters. The van der Waals surface area contributed by atoms with E-state index >= 15 is 0 Å². The summed E-state index contributed by atoms with van der Waals surface area (Å²) in [4.78, 5) is 22.2. The van der Waals surface area contributed by atoms with Crippen LogP contribution in [0.5, 0.6) is 0 Å². The fraction of sp³-hybridized carbons (Fsp3) is 0.150. The Hall–Kier alpha value is -2.79. The van der Waals surface area contributed by atoms with Gasteiger partial charge in [0.1, 0.15) is 11.0 Å². The summed E-state index contributed by atoms with van der Waals surface area (Å²) in [6.45, 7) is 0.461. The summed E-state index contributed by atoms with van der Waals surface area (Å²) in [7, 11) is 0. The van der Waals surface area contributed by atoms with Crippen LogP contribution in [-0.2, 0) is 17.6 Å². The molecule has 1 aliphatic rings. The minimum absolute atomic E-state index is 0.0949. The summed E-state index contributed by atoms with van der Waals surface area (Å²) < 4.78 is 14.8. The second-order valence-electron chi connectivity index (χ2n) is 6.13. The molecule has 1 amide bonds. The molecule has 0 fully saturated rings. The molecule has 26 heavy (non-hydrogen) atoms. The van der Waals surface area contributed by atoms with Gasteiger partial charge in [0.25, 0.3) is 0 Å². The molecular formula is C20H15ClFN3O. The van der Waals surface area contributed by atoms with Crippen molar-refractivity contribution < 1.29 is 9.18 Å². The molecule has 0 N–H and O–H groups in total. The Kier molecular flexibility index (Phi) is 4.39. The van der Waals surface area contributed by atoms with Crippen molar-refractivity contribution in [1.29, 1.82) is 0 Å². The van der Waals surface area contributed by atoms with Crippen molar-refractivity contribution in [2.24, 2.45) is 0 Å². The third-order valence-electron chi connectivity index (χ3n) is 4.51. The Morgan fingerprint density at radius 1 is 1.15 bits per heavy atom. The quantitative estimate of drug-likeness (QED) is 0.655. The van der Waals surface area contributed by atoms with E-state index < -0.39 is 5.82 Å². The van der Waals surface area contributed by atoms with Crippen molar-refractivity contribution in [3.05, 3.63) is 77.1 Å². The molecule has 4 rings (SSSR count). The summed E-state index contributed by atoms with van der Waals surface area (Å²) in [5.74, 6) is -0.577. The van der Waals surface area contributed by atoms with Crippen molar-refractivity contribution in [2.75, 3.05) is 11.4 Å². The third kappa shape index (κ3) is 3.06. The highest BCUT2D eigenvalue weighted by atomic mass is 35.5. The van der Waals surface area contributed by atoms with Gasteiger partial charge < -0.3 is 4.90 Å². The lowest BCUT2D eigenvalue weighted by Gasteiger charge is -2.18. The van der Waals surface area contributed by atoms with Crippen LogP contribution in [0.3, 0.4) is 0 Å². The van der Waals surface area contributed by atoms with Gasteiger partial charge in [-0.25, -0.2) is 9.37 Å². The van der Waals surface area contributed by atoms with Gasteiger partial charge in [0.05, 0.1) is 12.1 Å². The van der Waals surface area contributed by atoms with E-state index in [1.165, 1.54) is 11.0 Å². The molecule has 0 saturated heterocycles. The van der Waals surface area contributed by atoms with Crippen LogP contribution in [0, 0.1) is 5.82 Å².